The van der Waals surface area contributed by atoms with Gasteiger partial charge in [0.05, 0.1) is 12.0 Å². The van der Waals surface area contributed by atoms with Gasteiger partial charge < -0.3 is 14.6 Å². The minimum Gasteiger partial charge on any atom is -0.481 e. The number of hydrogen-bond acceptors (Lipinski definition) is 5. The fourth-order valence-electron chi connectivity index (χ4n) is 1.73. The van der Waals surface area contributed by atoms with Gasteiger partial charge in [-0.2, -0.15) is 0 Å². The monoisotopic (exact) mass is 294 g/mol. The Hall–Kier alpha value is -2.37. The number of carbonyl (C=O) groups is 3. The Morgan fingerprint density at radius 3 is 2.24 bits per heavy atom. The van der Waals surface area contributed by atoms with Gasteiger partial charge in [-0.05, 0) is 26.0 Å². The summed E-state index contributed by atoms with van der Waals surface area (Å²) in [5.41, 5.74) is -0.931. The van der Waals surface area contributed by atoms with Crippen LogP contribution >= 0.6 is 0 Å². The molecule has 0 heterocycles. The number of aliphatic carboxylic acids is 1. The molecule has 0 bridgehead atoms. The average molecular weight is 294 g/mol. The third-order valence-electron chi connectivity index (χ3n) is 2.81. The first kappa shape index (κ1) is 16.7. The highest BCUT2D eigenvalue weighted by molar-refractivity contribution is 5.89. The second-order valence-corrected chi connectivity index (χ2v) is 5.05. The standard InChI is InChI=1S/C15H18O6/c1-10(16)20-12(9-13(17)18)15(2,3)21-14(19)11-7-5-4-6-8-11/h4-8,12H,9H2,1-3H3,(H,17,18). The number of carbonyl (C=O) groups excluding carboxylic acids is 2. The predicted molar refractivity (Wildman–Crippen MR) is 73.7 cm³/mol. The van der Waals surface area contributed by atoms with Gasteiger partial charge in [0.2, 0.25) is 0 Å². The average Bonchev–Trinajstić information content (AvgIpc) is 2.37. The molecule has 0 radical (unpaired) electrons. The molecule has 6 nitrogen and oxygen atoms in total. The lowest BCUT2D eigenvalue weighted by molar-refractivity contribution is -0.165. The molecule has 0 fully saturated rings. The van der Waals surface area contributed by atoms with Gasteiger partial charge in [-0.25, -0.2) is 4.79 Å². The topological polar surface area (TPSA) is 89.9 Å². The Bertz CT molecular complexity index is 504. The van der Waals surface area contributed by atoms with Crippen LogP contribution in [0.15, 0.2) is 30.3 Å². The summed E-state index contributed by atoms with van der Waals surface area (Å²) < 4.78 is 10.3. The summed E-state index contributed by atoms with van der Waals surface area (Å²) in [5, 5.41) is 8.88. The first-order chi connectivity index (χ1) is 9.72. The molecule has 21 heavy (non-hydrogen) atoms. The molecular formula is C15H18O6. The van der Waals surface area contributed by atoms with Crippen LogP contribution in [0.4, 0.5) is 0 Å². The van der Waals surface area contributed by atoms with Crippen LogP contribution in [-0.4, -0.2) is 34.7 Å². The number of esters is 2. The van der Waals surface area contributed by atoms with Crippen molar-refractivity contribution in [2.75, 3.05) is 0 Å². The fourth-order valence-corrected chi connectivity index (χ4v) is 1.73. The van der Waals surface area contributed by atoms with E-state index in [0.29, 0.717) is 5.56 Å². The number of carboxylic acids is 1. The second-order valence-electron chi connectivity index (χ2n) is 5.05. The van der Waals surface area contributed by atoms with E-state index in [4.69, 9.17) is 14.6 Å². The molecule has 1 rings (SSSR count). The first-order valence-electron chi connectivity index (χ1n) is 6.40. The summed E-state index contributed by atoms with van der Waals surface area (Å²) in [7, 11) is 0. The molecule has 1 aromatic carbocycles. The molecule has 114 valence electrons. The van der Waals surface area contributed by atoms with Crippen molar-refractivity contribution >= 4 is 17.9 Å². The molecule has 6 heteroatoms. The van der Waals surface area contributed by atoms with Crippen LogP contribution in [0.3, 0.4) is 0 Å². The molecule has 0 saturated carbocycles. The van der Waals surface area contributed by atoms with Crippen molar-refractivity contribution in [1.82, 2.24) is 0 Å². The Morgan fingerprint density at radius 2 is 1.76 bits per heavy atom. The van der Waals surface area contributed by atoms with E-state index >= 15 is 0 Å². The number of ether oxygens (including phenoxy) is 2. The van der Waals surface area contributed by atoms with Crippen LogP contribution < -0.4 is 0 Å². The maximum absolute atomic E-state index is 12.0. The van der Waals surface area contributed by atoms with Gasteiger partial charge in [-0.1, -0.05) is 18.2 Å². The van der Waals surface area contributed by atoms with Crippen LogP contribution in [0, 0.1) is 0 Å². The van der Waals surface area contributed by atoms with E-state index in [1.807, 2.05) is 0 Å². The summed E-state index contributed by atoms with van der Waals surface area (Å²) in [6, 6.07) is 8.29. The van der Waals surface area contributed by atoms with Crippen LogP contribution in [0.1, 0.15) is 37.6 Å². The maximum Gasteiger partial charge on any atom is 0.338 e. The Morgan fingerprint density at radius 1 is 1.19 bits per heavy atom. The lowest BCUT2D eigenvalue weighted by Gasteiger charge is -2.32. The van der Waals surface area contributed by atoms with Gasteiger partial charge in [-0.15, -0.1) is 0 Å². The summed E-state index contributed by atoms with van der Waals surface area (Å²) in [5.74, 6) is -2.39. The highest BCUT2D eigenvalue weighted by Gasteiger charge is 2.37. The van der Waals surface area contributed by atoms with Crippen molar-refractivity contribution in [2.45, 2.75) is 38.9 Å². The second kappa shape index (κ2) is 6.88. The smallest absolute Gasteiger partial charge is 0.338 e. The normalized spacial score (nSPS) is 12.3. The van der Waals surface area contributed by atoms with E-state index in [2.05, 4.69) is 0 Å². The molecule has 0 aromatic heterocycles. The van der Waals surface area contributed by atoms with Gasteiger partial charge in [-0.3, -0.25) is 9.59 Å². The Balaban J connectivity index is 2.87. The summed E-state index contributed by atoms with van der Waals surface area (Å²) in [6.45, 7) is 4.18. The van der Waals surface area contributed by atoms with Gasteiger partial charge in [0, 0.05) is 6.92 Å². The van der Waals surface area contributed by atoms with E-state index in [1.165, 1.54) is 20.8 Å². The molecule has 0 amide bonds. The van der Waals surface area contributed by atoms with E-state index in [9.17, 15) is 14.4 Å². The van der Waals surface area contributed by atoms with Crippen molar-refractivity contribution in [3.63, 3.8) is 0 Å². The van der Waals surface area contributed by atoms with Crippen LogP contribution in [0.5, 0.6) is 0 Å². The van der Waals surface area contributed by atoms with Gasteiger partial charge >= 0.3 is 17.9 Å². The van der Waals surface area contributed by atoms with Crippen LogP contribution in [0.2, 0.25) is 0 Å². The third-order valence-corrected chi connectivity index (χ3v) is 2.81. The SMILES string of the molecule is CC(=O)OC(CC(=O)O)C(C)(C)OC(=O)c1ccccc1. The van der Waals surface area contributed by atoms with Crippen molar-refractivity contribution in [3.8, 4) is 0 Å². The zero-order valence-corrected chi connectivity index (χ0v) is 12.2. The van der Waals surface area contributed by atoms with E-state index < -0.39 is 36.0 Å². The molecule has 0 saturated heterocycles. The van der Waals surface area contributed by atoms with Crippen molar-refractivity contribution in [2.24, 2.45) is 0 Å². The predicted octanol–water partition coefficient (Wildman–Crippen LogP) is 2.03. The Kier molecular flexibility index (Phi) is 5.46. The molecule has 1 unspecified atom stereocenters. The van der Waals surface area contributed by atoms with E-state index in [-0.39, 0.29) is 0 Å². The lowest BCUT2D eigenvalue weighted by Crippen LogP contribution is -2.44. The fraction of sp³-hybridized carbons (Fsp3) is 0.400. The van der Waals surface area contributed by atoms with Gasteiger partial charge in [0.25, 0.3) is 0 Å². The molecule has 1 atom stereocenters. The van der Waals surface area contributed by atoms with Crippen molar-refractivity contribution in [1.29, 1.82) is 0 Å². The minimum atomic E-state index is -1.27. The zero-order chi connectivity index (χ0) is 16.0. The highest BCUT2D eigenvalue weighted by Crippen LogP contribution is 2.23. The van der Waals surface area contributed by atoms with Crippen molar-refractivity contribution < 1.29 is 29.0 Å². The molecule has 1 aromatic rings. The van der Waals surface area contributed by atoms with Crippen LogP contribution in [-0.2, 0) is 19.1 Å². The summed E-state index contributed by atoms with van der Waals surface area (Å²) in [4.78, 5) is 34.0. The van der Waals surface area contributed by atoms with Gasteiger partial charge in [0.15, 0.2) is 6.10 Å². The number of hydrogen-bond donors (Lipinski definition) is 1. The maximum atomic E-state index is 12.0. The molecule has 1 N–H and O–H groups in total. The minimum absolute atomic E-state index is 0.336. The lowest BCUT2D eigenvalue weighted by atomic mass is 9.98. The van der Waals surface area contributed by atoms with Crippen LogP contribution in [0.25, 0.3) is 0 Å². The van der Waals surface area contributed by atoms with E-state index in [1.54, 1.807) is 30.3 Å². The van der Waals surface area contributed by atoms with E-state index in [0.717, 1.165) is 0 Å². The number of carboxylic acid groups (broad SMARTS) is 1. The molecule has 0 aliphatic carbocycles. The molecule has 0 spiro atoms. The first-order valence-corrected chi connectivity index (χ1v) is 6.40. The third kappa shape index (κ3) is 5.25. The molecular weight excluding hydrogens is 276 g/mol. The highest BCUT2D eigenvalue weighted by atomic mass is 16.6. The zero-order valence-electron chi connectivity index (χ0n) is 12.2. The quantitative estimate of drug-likeness (QED) is 0.807. The summed E-state index contributed by atoms with van der Waals surface area (Å²) >= 11 is 0. The van der Waals surface area contributed by atoms with Crippen molar-refractivity contribution in [3.05, 3.63) is 35.9 Å². The number of rotatable bonds is 6. The summed E-state index contributed by atoms with van der Waals surface area (Å²) in [6.07, 6.45) is -1.52. The molecule has 0 aliphatic rings. The number of benzene rings is 1. The largest absolute Gasteiger partial charge is 0.481 e. The Labute approximate surface area is 122 Å². The molecule has 0 aliphatic heterocycles. The van der Waals surface area contributed by atoms with Gasteiger partial charge in [0.1, 0.15) is 5.60 Å².